The van der Waals surface area contributed by atoms with Crippen LogP contribution in [-0.4, -0.2) is 37.4 Å². The number of carbonyl (C=O) groups excluding carboxylic acids is 1. The molecule has 0 saturated carbocycles. The third-order valence-electron chi connectivity index (χ3n) is 4.28. The zero-order valence-corrected chi connectivity index (χ0v) is 16.1. The van der Waals surface area contributed by atoms with Gasteiger partial charge >= 0.3 is 12.2 Å². The van der Waals surface area contributed by atoms with Gasteiger partial charge in [-0.2, -0.15) is 13.2 Å². The minimum Gasteiger partial charge on any atom is -0.497 e. The fourth-order valence-corrected chi connectivity index (χ4v) is 4.19. The lowest BCUT2D eigenvalue weighted by Gasteiger charge is -2.25. The minimum absolute atomic E-state index is 0.265. The summed E-state index contributed by atoms with van der Waals surface area (Å²) in [7, 11) is 3.05. The van der Waals surface area contributed by atoms with Crippen LogP contribution in [0.1, 0.15) is 16.5 Å². The minimum atomic E-state index is -4.55. The van der Waals surface area contributed by atoms with Gasteiger partial charge in [0.15, 0.2) is 0 Å². The molecule has 0 radical (unpaired) electrons. The van der Waals surface area contributed by atoms with Crippen molar-refractivity contribution in [2.45, 2.75) is 11.6 Å². The fraction of sp³-hybridized carbons (Fsp3) is 0.316. The van der Waals surface area contributed by atoms with Crippen LogP contribution < -0.4 is 14.8 Å². The summed E-state index contributed by atoms with van der Waals surface area (Å²) in [6, 6.07) is 9.63. The lowest BCUT2D eigenvalue weighted by atomic mass is 10.1. The van der Waals surface area contributed by atoms with Crippen molar-refractivity contribution in [3.63, 3.8) is 0 Å². The quantitative estimate of drug-likeness (QED) is 0.768. The normalized spacial score (nSPS) is 16.8. The van der Waals surface area contributed by atoms with Gasteiger partial charge in [0.2, 0.25) is 0 Å². The number of nitrogens with one attached hydrogen (secondary N) is 1. The molecule has 2 aromatic rings. The Morgan fingerprint density at radius 3 is 2.39 bits per heavy atom. The lowest BCUT2D eigenvalue weighted by molar-refractivity contribution is -0.136. The molecule has 1 saturated heterocycles. The van der Waals surface area contributed by atoms with Crippen LogP contribution in [0.5, 0.6) is 11.5 Å². The molecule has 1 atom stereocenters. The van der Waals surface area contributed by atoms with Gasteiger partial charge in [0.05, 0.1) is 25.5 Å². The number of methoxy groups -OCH3 is 2. The number of hydrogen-bond acceptors (Lipinski definition) is 4. The summed E-state index contributed by atoms with van der Waals surface area (Å²) in [6.45, 7) is 0.412. The van der Waals surface area contributed by atoms with E-state index in [4.69, 9.17) is 9.47 Å². The van der Waals surface area contributed by atoms with Crippen LogP contribution >= 0.6 is 11.8 Å². The number of carbonyl (C=O) groups is 1. The molecule has 0 bridgehead atoms. The summed E-state index contributed by atoms with van der Waals surface area (Å²) >= 11 is 1.52. The van der Waals surface area contributed by atoms with Crippen LogP contribution in [0.4, 0.5) is 23.7 Å². The van der Waals surface area contributed by atoms with E-state index in [-0.39, 0.29) is 11.1 Å². The molecule has 2 aromatic carbocycles. The Morgan fingerprint density at radius 1 is 1.14 bits per heavy atom. The number of ether oxygens (including phenoxy) is 2. The smallest absolute Gasteiger partial charge is 0.418 e. The van der Waals surface area contributed by atoms with Gasteiger partial charge in [0.1, 0.15) is 16.9 Å². The lowest BCUT2D eigenvalue weighted by Crippen LogP contribution is -2.35. The number of alkyl halides is 3. The van der Waals surface area contributed by atoms with E-state index in [0.29, 0.717) is 23.8 Å². The van der Waals surface area contributed by atoms with Crippen LogP contribution in [0.2, 0.25) is 0 Å². The molecule has 1 fully saturated rings. The first-order valence-electron chi connectivity index (χ1n) is 8.42. The molecule has 0 aromatic heterocycles. The van der Waals surface area contributed by atoms with Gasteiger partial charge in [-0.15, -0.1) is 11.8 Å². The van der Waals surface area contributed by atoms with Crippen molar-refractivity contribution in [2.24, 2.45) is 0 Å². The van der Waals surface area contributed by atoms with Gasteiger partial charge in [-0.1, -0.05) is 12.1 Å². The summed E-state index contributed by atoms with van der Waals surface area (Å²) in [4.78, 5) is 14.3. The molecular formula is C19H19F3N2O3S. The molecule has 150 valence electrons. The maximum absolute atomic E-state index is 13.2. The molecule has 3 rings (SSSR count). The van der Waals surface area contributed by atoms with Gasteiger partial charge in [0, 0.05) is 18.4 Å². The van der Waals surface area contributed by atoms with E-state index in [1.54, 1.807) is 18.2 Å². The monoisotopic (exact) mass is 412 g/mol. The molecule has 28 heavy (non-hydrogen) atoms. The number of amides is 2. The molecular weight excluding hydrogens is 393 g/mol. The molecule has 1 unspecified atom stereocenters. The number of rotatable bonds is 4. The Kier molecular flexibility index (Phi) is 5.93. The summed E-state index contributed by atoms with van der Waals surface area (Å²) in [6.07, 6.45) is -4.55. The average molecular weight is 412 g/mol. The number of hydrogen-bond donors (Lipinski definition) is 1. The molecule has 1 aliphatic rings. The predicted octanol–water partition coefficient (Wildman–Crippen LogP) is 5.00. The largest absolute Gasteiger partial charge is 0.497 e. The Bertz CT molecular complexity index is 838. The van der Waals surface area contributed by atoms with Gasteiger partial charge in [-0.3, -0.25) is 0 Å². The Labute approximate surface area is 164 Å². The zero-order valence-electron chi connectivity index (χ0n) is 15.2. The first-order valence-corrected chi connectivity index (χ1v) is 9.47. The first-order chi connectivity index (χ1) is 13.3. The third-order valence-corrected chi connectivity index (χ3v) is 5.55. The van der Waals surface area contributed by atoms with Crippen molar-refractivity contribution in [3.05, 3.63) is 53.6 Å². The molecule has 1 N–H and O–H groups in total. The van der Waals surface area contributed by atoms with E-state index < -0.39 is 17.8 Å². The summed E-state index contributed by atoms with van der Waals surface area (Å²) < 4.78 is 50.1. The summed E-state index contributed by atoms with van der Waals surface area (Å²) in [5, 5.41) is 2.05. The van der Waals surface area contributed by atoms with Gasteiger partial charge in [-0.25, -0.2) is 4.79 Å². The molecule has 9 heteroatoms. The van der Waals surface area contributed by atoms with E-state index in [9.17, 15) is 18.0 Å². The highest BCUT2D eigenvalue weighted by Crippen LogP contribution is 2.41. The number of halogens is 3. The second-order valence-electron chi connectivity index (χ2n) is 6.04. The Balaban J connectivity index is 1.85. The fourth-order valence-electron chi connectivity index (χ4n) is 2.95. The highest BCUT2D eigenvalue weighted by atomic mass is 32.2. The predicted molar refractivity (Wildman–Crippen MR) is 102 cm³/mol. The maximum Gasteiger partial charge on any atom is 0.418 e. The highest BCUT2D eigenvalue weighted by Gasteiger charge is 2.36. The summed E-state index contributed by atoms with van der Waals surface area (Å²) in [5.74, 6) is 1.81. The van der Waals surface area contributed by atoms with Crippen molar-refractivity contribution in [2.75, 3.05) is 31.8 Å². The number of para-hydroxylation sites is 1. The molecule has 0 spiro atoms. The molecule has 1 heterocycles. The third kappa shape index (κ3) is 4.30. The van der Waals surface area contributed by atoms with Crippen LogP contribution in [0.15, 0.2) is 42.5 Å². The summed E-state index contributed by atoms with van der Waals surface area (Å²) in [5.41, 5.74) is -0.369. The van der Waals surface area contributed by atoms with E-state index in [0.717, 1.165) is 11.6 Å². The van der Waals surface area contributed by atoms with Crippen LogP contribution in [0.3, 0.4) is 0 Å². The van der Waals surface area contributed by atoms with Crippen molar-refractivity contribution < 1.29 is 27.4 Å². The topological polar surface area (TPSA) is 50.8 Å². The zero-order chi connectivity index (χ0) is 20.3. The van der Waals surface area contributed by atoms with Crippen molar-refractivity contribution in [1.29, 1.82) is 0 Å². The van der Waals surface area contributed by atoms with Crippen molar-refractivity contribution in [1.82, 2.24) is 4.90 Å². The van der Waals surface area contributed by atoms with E-state index in [1.807, 2.05) is 0 Å². The van der Waals surface area contributed by atoms with Gasteiger partial charge in [-0.05, 0) is 29.8 Å². The molecule has 0 aliphatic carbocycles. The number of nitrogens with zero attached hydrogens (tertiary/aromatic N) is 1. The van der Waals surface area contributed by atoms with Crippen LogP contribution in [0, 0.1) is 0 Å². The van der Waals surface area contributed by atoms with Crippen LogP contribution in [0.25, 0.3) is 0 Å². The van der Waals surface area contributed by atoms with Gasteiger partial charge in [0.25, 0.3) is 0 Å². The standard InChI is InChI=1S/C19H19F3N2O3S/c1-26-13-9-12(10-14(11-13)27-2)17-24(7-8-28-17)18(25)23-16-6-4-3-5-15(16)19(20,21)22/h3-6,9-11,17H,7-8H2,1-2H3,(H,23,25). The number of anilines is 1. The van der Waals surface area contributed by atoms with E-state index >= 15 is 0 Å². The second-order valence-corrected chi connectivity index (χ2v) is 7.22. The van der Waals surface area contributed by atoms with E-state index in [2.05, 4.69) is 5.32 Å². The second kappa shape index (κ2) is 8.22. The van der Waals surface area contributed by atoms with E-state index in [1.165, 1.54) is 49.1 Å². The number of benzene rings is 2. The molecule has 5 nitrogen and oxygen atoms in total. The maximum atomic E-state index is 13.2. The number of urea groups is 1. The average Bonchev–Trinajstić information content (AvgIpc) is 3.17. The highest BCUT2D eigenvalue weighted by molar-refractivity contribution is 7.99. The SMILES string of the molecule is COc1cc(OC)cc(C2SCCN2C(=O)Nc2ccccc2C(F)(F)F)c1. The number of thioether (sulfide) groups is 1. The van der Waals surface area contributed by atoms with Gasteiger partial charge < -0.3 is 19.7 Å². The van der Waals surface area contributed by atoms with Crippen LogP contribution in [-0.2, 0) is 6.18 Å². The van der Waals surface area contributed by atoms with Crippen molar-refractivity contribution in [3.8, 4) is 11.5 Å². The molecule has 2 amide bonds. The Morgan fingerprint density at radius 2 is 1.79 bits per heavy atom. The first kappa shape index (κ1) is 20.2. The Hall–Kier alpha value is -2.55. The molecule has 1 aliphatic heterocycles. The van der Waals surface area contributed by atoms with Crippen molar-refractivity contribution >= 4 is 23.5 Å².